The van der Waals surface area contributed by atoms with Crippen molar-refractivity contribution in [1.29, 1.82) is 0 Å². The molecule has 4 bridgehead atoms. The third kappa shape index (κ3) is 2.99. The van der Waals surface area contributed by atoms with Crippen molar-refractivity contribution in [2.45, 2.75) is 44.1 Å². The summed E-state index contributed by atoms with van der Waals surface area (Å²) in [7, 11) is 0. The first kappa shape index (κ1) is 20.8. The molecule has 1 aromatic heterocycles. The molecule has 0 radical (unpaired) electrons. The van der Waals surface area contributed by atoms with E-state index in [1.807, 2.05) is 0 Å². The summed E-state index contributed by atoms with van der Waals surface area (Å²) < 4.78 is 69.5. The van der Waals surface area contributed by atoms with Crippen molar-refractivity contribution in [2.75, 3.05) is 5.32 Å². The Balaban J connectivity index is 1.52. The third-order valence-electron chi connectivity index (χ3n) is 7.05. The van der Waals surface area contributed by atoms with Crippen molar-refractivity contribution in [3.63, 3.8) is 0 Å². The van der Waals surface area contributed by atoms with E-state index in [9.17, 15) is 36.9 Å². The van der Waals surface area contributed by atoms with Crippen LogP contribution in [0.25, 0.3) is 0 Å². The van der Waals surface area contributed by atoms with Gasteiger partial charge in [-0.05, 0) is 56.3 Å². The molecule has 1 amide bonds. The summed E-state index contributed by atoms with van der Waals surface area (Å²) in [4.78, 5) is 23.3. The lowest BCUT2D eigenvalue weighted by Crippen LogP contribution is -2.52. The fraction of sp³-hybridized carbons (Fsp3) is 0.500. The fourth-order valence-electron chi connectivity index (χ4n) is 6.14. The minimum Gasteiger partial charge on any atom is -0.315 e. The van der Waals surface area contributed by atoms with E-state index in [0.717, 1.165) is 44.7 Å². The van der Waals surface area contributed by atoms with Gasteiger partial charge >= 0.3 is 5.69 Å². The number of nitrogens with one attached hydrogen (secondary N) is 1. The monoisotopic (exact) mass is 456 g/mol. The number of halogens is 5. The maximum atomic E-state index is 14.0. The first-order valence-corrected chi connectivity index (χ1v) is 10.2. The number of amides is 1. The summed E-state index contributed by atoms with van der Waals surface area (Å²) >= 11 is 0. The zero-order valence-electron chi connectivity index (χ0n) is 16.5. The van der Waals surface area contributed by atoms with Crippen LogP contribution in [-0.4, -0.2) is 20.6 Å². The average molecular weight is 456 g/mol. The highest BCUT2D eigenvalue weighted by atomic mass is 19.2. The van der Waals surface area contributed by atoms with Gasteiger partial charge in [0.1, 0.15) is 11.9 Å². The van der Waals surface area contributed by atoms with Gasteiger partial charge in [-0.2, -0.15) is 5.10 Å². The summed E-state index contributed by atoms with van der Waals surface area (Å²) in [6, 6.07) is 0. The zero-order valence-corrected chi connectivity index (χ0v) is 16.5. The Morgan fingerprint density at radius 2 is 1.44 bits per heavy atom. The van der Waals surface area contributed by atoms with Gasteiger partial charge in [-0.3, -0.25) is 19.6 Å². The molecular weight excluding hydrogens is 439 g/mol. The number of nitro groups is 1. The molecule has 1 aromatic carbocycles. The molecule has 1 heterocycles. The highest BCUT2D eigenvalue weighted by molar-refractivity contribution is 6.05. The van der Waals surface area contributed by atoms with E-state index in [-0.39, 0.29) is 0 Å². The number of aromatic nitrogens is 2. The zero-order chi connectivity index (χ0) is 22.9. The number of carbonyl (C=O) groups is 1. The number of carbonyl (C=O) groups excluding carboxylic acids is 1. The number of nitrogens with zero attached hydrogens (tertiary/aromatic N) is 3. The van der Waals surface area contributed by atoms with Gasteiger partial charge in [0, 0.05) is 0 Å². The van der Waals surface area contributed by atoms with E-state index in [1.54, 1.807) is 5.32 Å². The predicted molar refractivity (Wildman–Crippen MR) is 99.2 cm³/mol. The minimum atomic E-state index is -2.38. The Morgan fingerprint density at radius 3 is 1.91 bits per heavy atom. The quantitative estimate of drug-likeness (QED) is 0.238. The molecule has 0 saturated heterocycles. The summed E-state index contributed by atoms with van der Waals surface area (Å²) in [5.41, 5.74) is -3.54. The molecule has 32 heavy (non-hydrogen) atoms. The van der Waals surface area contributed by atoms with Crippen LogP contribution >= 0.6 is 0 Å². The van der Waals surface area contributed by atoms with Crippen LogP contribution in [0.4, 0.5) is 33.3 Å². The first-order valence-electron chi connectivity index (χ1n) is 10.2. The van der Waals surface area contributed by atoms with Gasteiger partial charge in [-0.25, -0.2) is 22.0 Å². The largest absolute Gasteiger partial charge is 0.320 e. The van der Waals surface area contributed by atoms with Crippen molar-refractivity contribution < 1.29 is 31.7 Å². The first-order chi connectivity index (χ1) is 15.1. The molecule has 4 saturated carbocycles. The van der Waals surface area contributed by atoms with Crippen LogP contribution in [0.1, 0.15) is 49.0 Å². The lowest BCUT2D eigenvalue weighted by Gasteiger charge is -2.56. The van der Waals surface area contributed by atoms with Gasteiger partial charge in [0.2, 0.25) is 11.5 Å². The summed E-state index contributed by atoms with van der Waals surface area (Å²) in [5, 5.41) is 17.2. The Kier molecular flexibility index (Phi) is 4.54. The van der Waals surface area contributed by atoms with Gasteiger partial charge in [0.05, 0.1) is 10.5 Å². The van der Waals surface area contributed by atoms with Crippen molar-refractivity contribution in [3.8, 4) is 0 Å². The highest BCUT2D eigenvalue weighted by Crippen LogP contribution is 2.58. The lowest BCUT2D eigenvalue weighted by atomic mass is 9.53. The number of rotatable bonds is 4. The van der Waals surface area contributed by atoms with Crippen LogP contribution in [0.5, 0.6) is 0 Å². The molecule has 4 aliphatic carbocycles. The molecule has 2 aromatic rings. The van der Waals surface area contributed by atoms with E-state index >= 15 is 0 Å². The highest BCUT2D eigenvalue weighted by Gasteiger charge is 2.53. The number of hydrogen-bond donors (Lipinski definition) is 1. The Morgan fingerprint density at radius 1 is 0.969 bits per heavy atom. The molecule has 6 rings (SSSR count). The molecule has 0 spiro atoms. The average Bonchev–Trinajstić information content (AvgIpc) is 3.20. The second kappa shape index (κ2) is 6.97. The summed E-state index contributed by atoms with van der Waals surface area (Å²) in [5.74, 6) is -11.4. The van der Waals surface area contributed by atoms with Gasteiger partial charge < -0.3 is 5.32 Å². The van der Waals surface area contributed by atoms with Crippen LogP contribution in [0.2, 0.25) is 0 Å². The molecule has 7 nitrogen and oxygen atoms in total. The Bertz CT molecular complexity index is 1100. The van der Waals surface area contributed by atoms with Crippen LogP contribution < -0.4 is 5.32 Å². The van der Waals surface area contributed by atoms with Gasteiger partial charge in [-0.1, -0.05) is 0 Å². The molecule has 4 aliphatic rings. The molecule has 0 unspecified atom stereocenters. The number of hydrogen-bond acceptors (Lipinski definition) is 4. The molecule has 170 valence electrons. The maximum absolute atomic E-state index is 14.0. The van der Waals surface area contributed by atoms with Crippen molar-refractivity contribution >= 4 is 17.3 Å². The third-order valence-corrected chi connectivity index (χ3v) is 7.05. The van der Waals surface area contributed by atoms with Crippen LogP contribution in [0.3, 0.4) is 0 Å². The second-order valence-electron chi connectivity index (χ2n) is 9.11. The van der Waals surface area contributed by atoms with E-state index in [1.165, 1.54) is 4.68 Å². The van der Waals surface area contributed by atoms with E-state index in [0.29, 0.717) is 17.8 Å². The molecule has 4 fully saturated rings. The molecular formula is C20H17F5N4O3. The van der Waals surface area contributed by atoms with Crippen LogP contribution in [-0.2, 0) is 5.54 Å². The van der Waals surface area contributed by atoms with E-state index in [2.05, 4.69) is 5.10 Å². The molecule has 0 atom stereocenters. The second-order valence-corrected chi connectivity index (χ2v) is 9.11. The van der Waals surface area contributed by atoms with E-state index in [4.69, 9.17) is 0 Å². The Labute approximate surface area is 177 Å². The van der Waals surface area contributed by atoms with Crippen LogP contribution in [0, 0.1) is 57.0 Å². The van der Waals surface area contributed by atoms with Crippen molar-refractivity contribution in [3.05, 3.63) is 51.1 Å². The lowest BCUT2D eigenvalue weighted by molar-refractivity contribution is -0.385. The summed E-state index contributed by atoms with van der Waals surface area (Å²) in [6.07, 6.45) is 6.69. The smallest absolute Gasteiger partial charge is 0.315 e. The van der Waals surface area contributed by atoms with Crippen molar-refractivity contribution in [2.24, 2.45) is 17.8 Å². The molecule has 1 N–H and O–H groups in total. The normalized spacial score (nSPS) is 28.2. The van der Waals surface area contributed by atoms with Gasteiger partial charge in [0.25, 0.3) is 5.91 Å². The molecule has 12 heteroatoms. The minimum absolute atomic E-state index is 0.468. The van der Waals surface area contributed by atoms with Gasteiger partial charge in [0.15, 0.2) is 23.3 Å². The molecule has 0 aliphatic heterocycles. The van der Waals surface area contributed by atoms with Crippen LogP contribution in [0.15, 0.2) is 6.20 Å². The Hall–Kier alpha value is -3.05. The fourth-order valence-corrected chi connectivity index (χ4v) is 6.14. The van der Waals surface area contributed by atoms with Gasteiger partial charge in [-0.15, -0.1) is 0 Å². The number of anilines is 1. The number of benzene rings is 1. The standard InChI is InChI=1S/C20H17F5N4O3/c21-12-13(22)15(24)18(16(25)14(12)23)26-19(30)17-11(29(31)32)7-28(27-17)20-4-8-1-9(5-20)3-10(2-8)6-20/h7-10H,1-6H2,(H,26,30). The predicted octanol–water partition coefficient (Wildman–Crippen LogP) is 4.66. The summed E-state index contributed by atoms with van der Waals surface area (Å²) in [6.45, 7) is 0. The maximum Gasteiger partial charge on any atom is 0.320 e. The SMILES string of the molecule is O=C(Nc1c(F)c(F)c(F)c(F)c1F)c1nn(C23CC4CC(CC(C4)C2)C3)cc1[N+](=O)[O-]. The van der Waals surface area contributed by atoms with E-state index < -0.39 is 62.5 Å². The van der Waals surface area contributed by atoms with Crippen molar-refractivity contribution in [1.82, 2.24) is 9.78 Å². The topological polar surface area (TPSA) is 90.1 Å².